The van der Waals surface area contributed by atoms with Crippen LogP contribution in [-0.2, 0) is 0 Å². The van der Waals surface area contributed by atoms with E-state index in [0.717, 1.165) is 12.3 Å². The van der Waals surface area contributed by atoms with Crippen LogP contribution in [-0.4, -0.2) is 13.7 Å². The van der Waals surface area contributed by atoms with Gasteiger partial charge in [-0.15, -0.1) is 0 Å². The lowest BCUT2D eigenvalue weighted by atomic mass is 9.94. The summed E-state index contributed by atoms with van der Waals surface area (Å²) in [5, 5.41) is 3.58. The standard InChI is InChI=1S/C19H25NO/c1-6-20-19(16-9-8-14(3)15(4)12-16)17-11-13(2)7-10-18(17)21-5/h7-12,19-20H,6H2,1-5H3. The molecule has 2 nitrogen and oxygen atoms in total. The minimum absolute atomic E-state index is 0.157. The van der Waals surface area contributed by atoms with Crippen molar-refractivity contribution in [2.75, 3.05) is 13.7 Å². The molecule has 0 saturated carbocycles. The van der Waals surface area contributed by atoms with Gasteiger partial charge in [-0.1, -0.05) is 42.8 Å². The Balaban J connectivity index is 2.52. The molecule has 0 aliphatic rings. The third-order valence-corrected chi connectivity index (χ3v) is 3.97. The second kappa shape index (κ2) is 6.77. The predicted octanol–water partition coefficient (Wildman–Crippen LogP) is 4.32. The molecule has 0 heterocycles. The minimum atomic E-state index is 0.157. The van der Waals surface area contributed by atoms with Gasteiger partial charge in [-0.3, -0.25) is 0 Å². The van der Waals surface area contributed by atoms with E-state index < -0.39 is 0 Å². The lowest BCUT2D eigenvalue weighted by molar-refractivity contribution is 0.404. The Labute approximate surface area is 128 Å². The number of methoxy groups -OCH3 is 1. The molecule has 0 aliphatic carbocycles. The molecule has 0 radical (unpaired) electrons. The molecule has 112 valence electrons. The SMILES string of the molecule is CCNC(c1ccc(C)c(C)c1)c1cc(C)ccc1OC. The van der Waals surface area contributed by atoms with Gasteiger partial charge in [0.15, 0.2) is 0 Å². The predicted molar refractivity (Wildman–Crippen MR) is 89.2 cm³/mol. The molecule has 1 unspecified atom stereocenters. The number of ether oxygens (including phenoxy) is 1. The summed E-state index contributed by atoms with van der Waals surface area (Å²) in [5.74, 6) is 0.935. The van der Waals surface area contributed by atoms with E-state index in [1.54, 1.807) is 7.11 Å². The molecule has 1 N–H and O–H groups in total. The van der Waals surface area contributed by atoms with Crippen LogP contribution in [0.25, 0.3) is 0 Å². The van der Waals surface area contributed by atoms with Gasteiger partial charge < -0.3 is 10.1 Å². The van der Waals surface area contributed by atoms with Crippen LogP contribution in [0.1, 0.15) is 40.8 Å². The van der Waals surface area contributed by atoms with Crippen LogP contribution >= 0.6 is 0 Å². The number of nitrogens with one attached hydrogen (secondary N) is 1. The fraction of sp³-hybridized carbons (Fsp3) is 0.368. The van der Waals surface area contributed by atoms with Crippen molar-refractivity contribution < 1.29 is 4.74 Å². The van der Waals surface area contributed by atoms with Gasteiger partial charge in [0, 0.05) is 5.56 Å². The smallest absolute Gasteiger partial charge is 0.123 e. The van der Waals surface area contributed by atoms with Crippen LogP contribution in [0.3, 0.4) is 0 Å². The van der Waals surface area contributed by atoms with Gasteiger partial charge in [0.05, 0.1) is 13.2 Å². The second-order valence-corrected chi connectivity index (χ2v) is 5.58. The third kappa shape index (κ3) is 3.45. The quantitative estimate of drug-likeness (QED) is 0.882. The highest BCUT2D eigenvalue weighted by atomic mass is 16.5. The number of hydrogen-bond donors (Lipinski definition) is 1. The zero-order chi connectivity index (χ0) is 15.4. The van der Waals surface area contributed by atoms with Crippen molar-refractivity contribution in [3.63, 3.8) is 0 Å². The number of hydrogen-bond acceptors (Lipinski definition) is 2. The van der Waals surface area contributed by atoms with Crippen LogP contribution in [0.15, 0.2) is 36.4 Å². The van der Waals surface area contributed by atoms with Crippen LogP contribution < -0.4 is 10.1 Å². The van der Waals surface area contributed by atoms with Gasteiger partial charge in [-0.05, 0) is 50.1 Å². The Kier molecular flexibility index (Phi) is 5.03. The molecule has 0 saturated heterocycles. The monoisotopic (exact) mass is 283 g/mol. The van der Waals surface area contributed by atoms with Gasteiger partial charge >= 0.3 is 0 Å². The topological polar surface area (TPSA) is 21.3 Å². The van der Waals surface area contributed by atoms with Crippen molar-refractivity contribution in [3.8, 4) is 5.75 Å². The Morgan fingerprint density at radius 1 is 1.00 bits per heavy atom. The first-order chi connectivity index (χ1) is 10.1. The van der Waals surface area contributed by atoms with Crippen LogP contribution in [0.2, 0.25) is 0 Å². The molecule has 0 bridgehead atoms. The minimum Gasteiger partial charge on any atom is -0.496 e. The van der Waals surface area contributed by atoms with Crippen molar-refractivity contribution in [2.24, 2.45) is 0 Å². The highest BCUT2D eigenvalue weighted by Gasteiger charge is 2.18. The summed E-state index contributed by atoms with van der Waals surface area (Å²) in [6, 6.07) is 13.2. The molecule has 2 aromatic rings. The van der Waals surface area contributed by atoms with E-state index in [2.05, 4.69) is 69.4 Å². The Morgan fingerprint density at radius 3 is 2.38 bits per heavy atom. The molecule has 0 fully saturated rings. The van der Waals surface area contributed by atoms with E-state index in [-0.39, 0.29) is 6.04 Å². The van der Waals surface area contributed by atoms with Crippen LogP contribution in [0, 0.1) is 20.8 Å². The largest absolute Gasteiger partial charge is 0.496 e. The highest BCUT2D eigenvalue weighted by Crippen LogP contribution is 2.31. The van der Waals surface area contributed by atoms with Gasteiger partial charge in [0.1, 0.15) is 5.75 Å². The molecular weight excluding hydrogens is 258 g/mol. The number of benzene rings is 2. The maximum Gasteiger partial charge on any atom is 0.123 e. The summed E-state index contributed by atoms with van der Waals surface area (Å²) < 4.78 is 5.56. The van der Waals surface area contributed by atoms with E-state index in [0.29, 0.717) is 0 Å². The van der Waals surface area contributed by atoms with Crippen molar-refractivity contribution in [3.05, 3.63) is 64.2 Å². The average molecular weight is 283 g/mol. The molecular formula is C19H25NO. The van der Waals surface area contributed by atoms with Crippen LogP contribution in [0.4, 0.5) is 0 Å². The summed E-state index contributed by atoms with van der Waals surface area (Å²) in [6.45, 7) is 9.47. The van der Waals surface area contributed by atoms with Gasteiger partial charge in [-0.25, -0.2) is 0 Å². The summed E-state index contributed by atoms with van der Waals surface area (Å²) in [4.78, 5) is 0. The molecule has 2 aromatic carbocycles. The number of rotatable bonds is 5. The lowest BCUT2D eigenvalue weighted by Crippen LogP contribution is -2.22. The van der Waals surface area contributed by atoms with Gasteiger partial charge in [-0.2, -0.15) is 0 Å². The zero-order valence-electron chi connectivity index (χ0n) is 13.7. The van der Waals surface area contributed by atoms with E-state index in [1.807, 2.05) is 0 Å². The van der Waals surface area contributed by atoms with Crippen molar-refractivity contribution in [1.29, 1.82) is 0 Å². The van der Waals surface area contributed by atoms with Gasteiger partial charge in [0.2, 0.25) is 0 Å². The highest BCUT2D eigenvalue weighted by molar-refractivity contribution is 5.45. The van der Waals surface area contributed by atoms with E-state index >= 15 is 0 Å². The molecule has 21 heavy (non-hydrogen) atoms. The maximum atomic E-state index is 5.56. The molecule has 0 aromatic heterocycles. The van der Waals surface area contributed by atoms with E-state index in [1.165, 1.54) is 27.8 Å². The molecule has 0 amide bonds. The molecule has 0 aliphatic heterocycles. The first-order valence-corrected chi connectivity index (χ1v) is 7.52. The second-order valence-electron chi connectivity index (χ2n) is 5.58. The maximum absolute atomic E-state index is 5.56. The molecule has 2 rings (SSSR count). The van der Waals surface area contributed by atoms with E-state index in [4.69, 9.17) is 4.74 Å². The molecule has 0 spiro atoms. The lowest BCUT2D eigenvalue weighted by Gasteiger charge is -2.22. The Morgan fingerprint density at radius 2 is 1.76 bits per heavy atom. The summed E-state index contributed by atoms with van der Waals surface area (Å²) in [7, 11) is 1.73. The Hall–Kier alpha value is -1.80. The summed E-state index contributed by atoms with van der Waals surface area (Å²) in [5.41, 5.74) is 6.37. The molecule has 1 atom stereocenters. The van der Waals surface area contributed by atoms with Crippen molar-refractivity contribution in [2.45, 2.75) is 33.7 Å². The number of aryl methyl sites for hydroxylation is 3. The van der Waals surface area contributed by atoms with Crippen molar-refractivity contribution >= 4 is 0 Å². The summed E-state index contributed by atoms with van der Waals surface area (Å²) >= 11 is 0. The average Bonchev–Trinajstić information content (AvgIpc) is 2.48. The van der Waals surface area contributed by atoms with Crippen LogP contribution in [0.5, 0.6) is 5.75 Å². The first-order valence-electron chi connectivity index (χ1n) is 7.52. The fourth-order valence-corrected chi connectivity index (χ4v) is 2.64. The van der Waals surface area contributed by atoms with E-state index in [9.17, 15) is 0 Å². The molecule has 2 heteroatoms. The first kappa shape index (κ1) is 15.6. The van der Waals surface area contributed by atoms with Crippen molar-refractivity contribution in [1.82, 2.24) is 5.32 Å². The third-order valence-electron chi connectivity index (χ3n) is 3.97. The Bertz CT molecular complexity index is 619. The van der Waals surface area contributed by atoms with Gasteiger partial charge in [0.25, 0.3) is 0 Å². The normalized spacial score (nSPS) is 12.2. The fourth-order valence-electron chi connectivity index (χ4n) is 2.64. The summed E-state index contributed by atoms with van der Waals surface area (Å²) in [6.07, 6.45) is 0. The zero-order valence-corrected chi connectivity index (χ0v) is 13.7.